The van der Waals surface area contributed by atoms with E-state index in [1.54, 1.807) is 0 Å². The van der Waals surface area contributed by atoms with Gasteiger partial charge in [-0.2, -0.15) is 0 Å². The lowest BCUT2D eigenvalue weighted by Gasteiger charge is -2.17. The van der Waals surface area contributed by atoms with Gasteiger partial charge in [-0.25, -0.2) is 0 Å². The van der Waals surface area contributed by atoms with E-state index in [-0.39, 0.29) is 0 Å². The third-order valence-electron chi connectivity index (χ3n) is 10.1. The smallest absolute Gasteiger partial charge is 0.136 e. The molecule has 11 aromatic rings. The van der Waals surface area contributed by atoms with Gasteiger partial charge in [0.15, 0.2) is 0 Å². The van der Waals surface area contributed by atoms with E-state index in [1.807, 2.05) is 24.5 Å². The summed E-state index contributed by atoms with van der Waals surface area (Å²) >= 11 is 0. The largest absolute Gasteiger partial charge is 0.464 e. The molecule has 3 heterocycles. The molecule has 0 saturated carbocycles. The highest BCUT2D eigenvalue weighted by atomic mass is 16.3. The summed E-state index contributed by atoms with van der Waals surface area (Å²) in [4.78, 5) is 0. The van der Waals surface area contributed by atoms with E-state index in [9.17, 15) is 0 Å². The summed E-state index contributed by atoms with van der Waals surface area (Å²) in [5, 5.41) is 10.3. The summed E-state index contributed by atoms with van der Waals surface area (Å²) in [6, 6.07) is 53.6. The molecule has 0 N–H and O–H groups in total. The van der Waals surface area contributed by atoms with Crippen molar-refractivity contribution < 1.29 is 13.3 Å². The number of para-hydroxylation sites is 1. The number of rotatable bonds is 3. The van der Waals surface area contributed by atoms with Crippen LogP contribution in [0.2, 0.25) is 0 Å². The standard InChI is InChI=1S/C46H26O3/c1-2-10-27(11-3-1)39-26-47-43-24-37-36-23-29(19-21-42(36)49-44(37)25-38(39)43)46-33-15-6-4-13-31(33)45(32-14-5-7-16-34(32)46)28-18-20-41-35(22-28)30-12-8-9-17-40(30)48-41/h1-26H. The predicted octanol–water partition coefficient (Wildman–Crippen LogP) is 13.5. The molecular formula is C46H26O3. The predicted molar refractivity (Wildman–Crippen MR) is 202 cm³/mol. The van der Waals surface area contributed by atoms with Crippen molar-refractivity contribution in [1.82, 2.24) is 0 Å². The Hall–Kier alpha value is -6.58. The van der Waals surface area contributed by atoms with E-state index in [2.05, 4.69) is 133 Å². The maximum Gasteiger partial charge on any atom is 0.136 e. The summed E-state index contributed by atoms with van der Waals surface area (Å²) in [6.07, 6.45) is 1.85. The topological polar surface area (TPSA) is 39.4 Å². The first-order chi connectivity index (χ1) is 24.3. The molecule has 0 aliphatic heterocycles. The monoisotopic (exact) mass is 626 g/mol. The quantitative estimate of drug-likeness (QED) is 0.183. The molecule has 11 rings (SSSR count). The lowest BCUT2D eigenvalue weighted by Crippen LogP contribution is -1.90. The highest BCUT2D eigenvalue weighted by Gasteiger charge is 2.20. The maximum absolute atomic E-state index is 6.47. The molecule has 49 heavy (non-hydrogen) atoms. The number of furan rings is 3. The van der Waals surface area contributed by atoms with Crippen molar-refractivity contribution in [2.24, 2.45) is 0 Å². The van der Waals surface area contributed by atoms with Gasteiger partial charge in [0.2, 0.25) is 0 Å². The van der Waals surface area contributed by atoms with Gasteiger partial charge in [-0.15, -0.1) is 0 Å². The van der Waals surface area contributed by atoms with Crippen LogP contribution in [0, 0.1) is 0 Å². The van der Waals surface area contributed by atoms with Crippen LogP contribution < -0.4 is 0 Å². The first kappa shape index (κ1) is 26.5. The van der Waals surface area contributed by atoms with Crippen LogP contribution in [0.4, 0.5) is 0 Å². The van der Waals surface area contributed by atoms with Gasteiger partial charge in [0.25, 0.3) is 0 Å². The van der Waals surface area contributed by atoms with Crippen molar-refractivity contribution in [1.29, 1.82) is 0 Å². The van der Waals surface area contributed by atoms with Gasteiger partial charge in [-0.3, -0.25) is 0 Å². The second kappa shape index (κ2) is 9.96. The van der Waals surface area contributed by atoms with E-state index < -0.39 is 0 Å². The second-order valence-corrected chi connectivity index (χ2v) is 12.8. The van der Waals surface area contributed by atoms with E-state index in [0.29, 0.717) is 0 Å². The molecule has 0 spiro atoms. The molecule has 228 valence electrons. The van der Waals surface area contributed by atoms with Crippen LogP contribution in [0.15, 0.2) is 171 Å². The first-order valence-corrected chi connectivity index (χ1v) is 16.6. The Kier molecular flexibility index (Phi) is 5.38. The van der Waals surface area contributed by atoms with E-state index in [0.717, 1.165) is 71.5 Å². The van der Waals surface area contributed by atoms with Crippen molar-refractivity contribution in [2.75, 3.05) is 0 Å². The molecular weight excluding hydrogens is 601 g/mol. The first-order valence-electron chi connectivity index (χ1n) is 16.6. The zero-order valence-electron chi connectivity index (χ0n) is 26.2. The van der Waals surface area contributed by atoms with Crippen LogP contribution in [0.1, 0.15) is 0 Å². The van der Waals surface area contributed by atoms with Gasteiger partial charge in [-0.05, 0) is 91.8 Å². The Morgan fingerprint density at radius 3 is 1.39 bits per heavy atom. The van der Waals surface area contributed by atoms with E-state index in [1.165, 1.54) is 38.2 Å². The Balaban J connectivity index is 1.15. The van der Waals surface area contributed by atoms with Crippen molar-refractivity contribution >= 4 is 76.4 Å². The fourth-order valence-corrected chi connectivity index (χ4v) is 7.93. The molecule has 0 bridgehead atoms. The molecule has 0 amide bonds. The van der Waals surface area contributed by atoms with Crippen molar-refractivity contribution in [3.8, 4) is 33.4 Å². The molecule has 0 atom stereocenters. The number of hydrogen-bond donors (Lipinski definition) is 0. The minimum absolute atomic E-state index is 0.849. The zero-order valence-corrected chi connectivity index (χ0v) is 26.2. The Morgan fingerprint density at radius 2 is 0.755 bits per heavy atom. The van der Waals surface area contributed by atoms with Gasteiger partial charge in [0.1, 0.15) is 27.9 Å². The van der Waals surface area contributed by atoms with Crippen LogP contribution >= 0.6 is 0 Å². The Morgan fingerprint density at radius 1 is 0.286 bits per heavy atom. The highest BCUT2D eigenvalue weighted by Crippen LogP contribution is 2.46. The summed E-state index contributed by atoms with van der Waals surface area (Å²) < 4.78 is 18.8. The van der Waals surface area contributed by atoms with E-state index >= 15 is 0 Å². The van der Waals surface area contributed by atoms with Gasteiger partial charge in [0, 0.05) is 32.5 Å². The van der Waals surface area contributed by atoms with Crippen LogP contribution in [-0.4, -0.2) is 0 Å². The molecule has 0 fully saturated rings. The lowest BCUT2D eigenvalue weighted by atomic mass is 9.85. The summed E-state index contributed by atoms with van der Waals surface area (Å²) in [7, 11) is 0. The average molecular weight is 627 g/mol. The third-order valence-corrected chi connectivity index (χ3v) is 10.1. The van der Waals surface area contributed by atoms with Crippen molar-refractivity contribution in [3.05, 3.63) is 158 Å². The molecule has 3 aromatic heterocycles. The molecule has 0 aliphatic rings. The fourth-order valence-electron chi connectivity index (χ4n) is 7.93. The van der Waals surface area contributed by atoms with Gasteiger partial charge in [-0.1, -0.05) is 109 Å². The molecule has 0 aliphatic carbocycles. The van der Waals surface area contributed by atoms with Crippen LogP contribution in [0.3, 0.4) is 0 Å². The molecule has 3 heteroatoms. The van der Waals surface area contributed by atoms with E-state index in [4.69, 9.17) is 13.3 Å². The average Bonchev–Trinajstić information content (AvgIpc) is 3.85. The second-order valence-electron chi connectivity index (χ2n) is 12.8. The third kappa shape index (κ3) is 3.84. The van der Waals surface area contributed by atoms with Crippen LogP contribution in [0.5, 0.6) is 0 Å². The zero-order chi connectivity index (χ0) is 32.1. The van der Waals surface area contributed by atoms with Gasteiger partial charge in [0.05, 0.1) is 6.26 Å². The molecule has 0 saturated heterocycles. The summed E-state index contributed by atoms with van der Waals surface area (Å²) in [5.41, 5.74) is 11.3. The summed E-state index contributed by atoms with van der Waals surface area (Å²) in [5.74, 6) is 0. The maximum atomic E-state index is 6.47. The Labute approximate surface area is 280 Å². The normalized spacial score (nSPS) is 12.1. The number of fused-ring (bicyclic) bond motifs is 9. The molecule has 0 radical (unpaired) electrons. The Bertz CT molecular complexity index is 3040. The fraction of sp³-hybridized carbons (Fsp3) is 0. The summed E-state index contributed by atoms with van der Waals surface area (Å²) in [6.45, 7) is 0. The number of hydrogen-bond acceptors (Lipinski definition) is 3. The van der Waals surface area contributed by atoms with Crippen molar-refractivity contribution in [3.63, 3.8) is 0 Å². The van der Waals surface area contributed by atoms with Gasteiger partial charge >= 0.3 is 0 Å². The van der Waals surface area contributed by atoms with Crippen LogP contribution in [-0.2, 0) is 0 Å². The van der Waals surface area contributed by atoms with Crippen LogP contribution in [0.25, 0.3) is 110 Å². The number of benzene rings is 8. The molecule has 3 nitrogen and oxygen atoms in total. The minimum atomic E-state index is 0.849. The SMILES string of the molecule is c1ccc(-c2coc3cc4c(cc23)oc2ccc(-c3c5ccccc5c(-c5ccc6oc7ccccc7c6c5)c5ccccc35)cc24)cc1. The van der Waals surface area contributed by atoms with Crippen molar-refractivity contribution in [2.45, 2.75) is 0 Å². The molecule has 8 aromatic carbocycles. The highest BCUT2D eigenvalue weighted by molar-refractivity contribution is 6.23. The lowest BCUT2D eigenvalue weighted by molar-refractivity contribution is 0.617. The minimum Gasteiger partial charge on any atom is -0.464 e. The molecule has 0 unspecified atom stereocenters. The van der Waals surface area contributed by atoms with Gasteiger partial charge < -0.3 is 13.3 Å².